The fourth-order valence-corrected chi connectivity index (χ4v) is 1.85. The van der Waals surface area contributed by atoms with E-state index in [0.29, 0.717) is 22.0 Å². The lowest BCUT2D eigenvalue weighted by atomic mass is 10.0. The molecule has 0 saturated heterocycles. The van der Waals surface area contributed by atoms with Crippen molar-refractivity contribution in [3.05, 3.63) is 38.9 Å². The van der Waals surface area contributed by atoms with Gasteiger partial charge in [0.2, 0.25) is 0 Å². The molecular formula is C13H14Cl2O. The molecule has 0 bridgehead atoms. The number of benzene rings is 1. The number of aryl methyl sites for hydroxylation is 1. The Labute approximate surface area is 106 Å². The summed E-state index contributed by atoms with van der Waals surface area (Å²) in [6, 6.07) is 3.65. The van der Waals surface area contributed by atoms with Crippen LogP contribution in [0.1, 0.15) is 31.4 Å². The molecule has 1 rings (SSSR count). The lowest BCUT2D eigenvalue weighted by molar-refractivity contribution is -0.115. The topological polar surface area (TPSA) is 17.1 Å². The van der Waals surface area contributed by atoms with Crippen molar-refractivity contribution in [2.45, 2.75) is 27.2 Å². The highest BCUT2D eigenvalue weighted by Crippen LogP contribution is 2.30. The van der Waals surface area contributed by atoms with Crippen LogP contribution in [0.4, 0.5) is 0 Å². The minimum Gasteiger partial charge on any atom is -0.295 e. The van der Waals surface area contributed by atoms with Gasteiger partial charge < -0.3 is 0 Å². The molecule has 1 nitrogen and oxygen atoms in total. The van der Waals surface area contributed by atoms with Crippen LogP contribution in [-0.4, -0.2) is 5.78 Å². The first kappa shape index (κ1) is 13.3. The van der Waals surface area contributed by atoms with Gasteiger partial charge in [-0.2, -0.15) is 0 Å². The van der Waals surface area contributed by atoms with Crippen LogP contribution in [0.15, 0.2) is 17.7 Å². The minimum absolute atomic E-state index is 0.121. The first-order chi connectivity index (χ1) is 7.47. The second-order valence-corrected chi connectivity index (χ2v) is 4.48. The third-order valence-electron chi connectivity index (χ3n) is 2.47. The van der Waals surface area contributed by atoms with Crippen LogP contribution in [0.3, 0.4) is 0 Å². The van der Waals surface area contributed by atoms with Crippen LogP contribution in [0.25, 0.3) is 6.08 Å². The lowest BCUT2D eigenvalue weighted by Crippen LogP contribution is -1.97. The van der Waals surface area contributed by atoms with Crippen molar-refractivity contribution in [2.75, 3.05) is 0 Å². The van der Waals surface area contributed by atoms with E-state index < -0.39 is 0 Å². The second kappa shape index (κ2) is 5.51. The maximum absolute atomic E-state index is 11.5. The molecule has 0 fully saturated rings. The molecule has 86 valence electrons. The van der Waals surface area contributed by atoms with E-state index in [2.05, 4.69) is 0 Å². The van der Waals surface area contributed by atoms with Gasteiger partial charge in [0.05, 0.1) is 10.0 Å². The second-order valence-electron chi connectivity index (χ2n) is 3.70. The van der Waals surface area contributed by atoms with E-state index in [1.165, 1.54) is 0 Å². The molecule has 0 aromatic heterocycles. The quantitative estimate of drug-likeness (QED) is 0.718. The molecule has 16 heavy (non-hydrogen) atoms. The number of halogens is 2. The van der Waals surface area contributed by atoms with Gasteiger partial charge in [-0.05, 0) is 42.7 Å². The Morgan fingerprint density at radius 1 is 1.38 bits per heavy atom. The highest BCUT2D eigenvalue weighted by molar-refractivity contribution is 6.43. The minimum atomic E-state index is 0.121. The number of allylic oxidation sites excluding steroid dienone is 1. The first-order valence-electron chi connectivity index (χ1n) is 5.13. The van der Waals surface area contributed by atoms with Crippen molar-refractivity contribution >= 4 is 35.1 Å². The normalized spacial score (nSPS) is 11.7. The van der Waals surface area contributed by atoms with Crippen LogP contribution in [0.5, 0.6) is 0 Å². The number of Topliss-reactive ketones (excluding diaryl/α,β-unsaturated/α-hetero) is 1. The molecule has 3 heteroatoms. The van der Waals surface area contributed by atoms with Gasteiger partial charge in [-0.25, -0.2) is 0 Å². The molecule has 0 amide bonds. The molecule has 0 atom stereocenters. The van der Waals surface area contributed by atoms with Crippen LogP contribution in [0.2, 0.25) is 10.0 Å². The summed E-state index contributed by atoms with van der Waals surface area (Å²) in [5, 5.41) is 1.01. The van der Waals surface area contributed by atoms with E-state index in [4.69, 9.17) is 23.2 Å². The Balaban J connectivity index is 3.24. The van der Waals surface area contributed by atoms with Crippen molar-refractivity contribution in [1.82, 2.24) is 0 Å². The average Bonchev–Trinajstić information content (AvgIpc) is 2.28. The summed E-state index contributed by atoms with van der Waals surface area (Å²) in [7, 11) is 0. The van der Waals surface area contributed by atoms with Gasteiger partial charge in [0.15, 0.2) is 5.78 Å². The number of carbonyl (C=O) groups excluding carboxylic acids is 1. The van der Waals surface area contributed by atoms with E-state index >= 15 is 0 Å². The Morgan fingerprint density at radius 3 is 2.56 bits per heavy atom. The predicted octanol–water partition coefficient (Wildman–Crippen LogP) is 4.68. The van der Waals surface area contributed by atoms with E-state index in [1.54, 1.807) is 19.1 Å². The summed E-state index contributed by atoms with van der Waals surface area (Å²) in [6.07, 6.45) is 2.30. The van der Waals surface area contributed by atoms with E-state index in [9.17, 15) is 4.79 Å². The molecule has 0 aliphatic heterocycles. The Morgan fingerprint density at radius 2 is 2.00 bits per heavy atom. The molecular weight excluding hydrogens is 243 g/mol. The molecule has 0 aliphatic rings. The molecule has 0 spiro atoms. The van der Waals surface area contributed by atoms with Gasteiger partial charge in [-0.3, -0.25) is 4.79 Å². The number of hydrogen-bond donors (Lipinski definition) is 0. The molecule has 0 unspecified atom stereocenters. The molecule has 0 aliphatic carbocycles. The zero-order valence-electron chi connectivity index (χ0n) is 9.60. The van der Waals surface area contributed by atoms with Crippen LogP contribution in [0, 0.1) is 6.92 Å². The maximum atomic E-state index is 11.5. The van der Waals surface area contributed by atoms with E-state index in [0.717, 1.165) is 11.1 Å². The summed E-state index contributed by atoms with van der Waals surface area (Å²) in [6.45, 7) is 5.58. The number of ketones is 1. The summed E-state index contributed by atoms with van der Waals surface area (Å²) in [5.41, 5.74) is 2.54. The van der Waals surface area contributed by atoms with Gasteiger partial charge in [0.1, 0.15) is 0 Å². The number of hydrogen-bond acceptors (Lipinski definition) is 1. The summed E-state index contributed by atoms with van der Waals surface area (Å²) in [5.74, 6) is 0.121. The predicted molar refractivity (Wildman–Crippen MR) is 70.1 cm³/mol. The summed E-state index contributed by atoms with van der Waals surface area (Å²) < 4.78 is 0. The third kappa shape index (κ3) is 2.87. The van der Waals surface area contributed by atoms with Crippen molar-refractivity contribution < 1.29 is 4.79 Å². The standard InChI is InChI=1S/C13H14Cl2O/c1-4-12(16)9(3)7-10-8(2)5-6-11(14)13(10)15/h5-7H,4H2,1-3H3/b9-7+. The molecule has 0 saturated carbocycles. The zero-order chi connectivity index (χ0) is 12.3. The van der Waals surface area contributed by atoms with Gasteiger partial charge >= 0.3 is 0 Å². The first-order valence-corrected chi connectivity index (χ1v) is 5.89. The average molecular weight is 257 g/mol. The summed E-state index contributed by atoms with van der Waals surface area (Å²) in [4.78, 5) is 11.5. The number of rotatable bonds is 3. The fraction of sp³-hybridized carbons (Fsp3) is 0.308. The van der Waals surface area contributed by atoms with Crippen molar-refractivity contribution in [3.8, 4) is 0 Å². The van der Waals surface area contributed by atoms with Crippen molar-refractivity contribution in [1.29, 1.82) is 0 Å². The van der Waals surface area contributed by atoms with Gasteiger partial charge in [0, 0.05) is 6.42 Å². The Hall–Kier alpha value is -0.790. The molecule has 0 N–H and O–H groups in total. The molecule has 0 radical (unpaired) electrons. The lowest BCUT2D eigenvalue weighted by Gasteiger charge is -2.06. The third-order valence-corrected chi connectivity index (χ3v) is 3.29. The van der Waals surface area contributed by atoms with Crippen LogP contribution >= 0.6 is 23.2 Å². The van der Waals surface area contributed by atoms with Crippen molar-refractivity contribution in [2.24, 2.45) is 0 Å². The van der Waals surface area contributed by atoms with E-state index in [1.807, 2.05) is 19.9 Å². The molecule has 1 aromatic carbocycles. The Bertz CT molecular complexity index is 447. The number of carbonyl (C=O) groups is 1. The maximum Gasteiger partial charge on any atom is 0.158 e. The SMILES string of the molecule is CCC(=O)/C(C)=C/c1c(C)ccc(Cl)c1Cl. The van der Waals surface area contributed by atoms with Crippen LogP contribution in [-0.2, 0) is 4.79 Å². The van der Waals surface area contributed by atoms with Gasteiger partial charge in [-0.15, -0.1) is 0 Å². The molecule has 1 aromatic rings. The zero-order valence-corrected chi connectivity index (χ0v) is 11.1. The smallest absolute Gasteiger partial charge is 0.158 e. The Kier molecular flexibility index (Phi) is 4.57. The largest absolute Gasteiger partial charge is 0.295 e. The molecule has 0 heterocycles. The highest BCUT2D eigenvalue weighted by Gasteiger charge is 2.08. The highest BCUT2D eigenvalue weighted by atomic mass is 35.5. The van der Waals surface area contributed by atoms with Gasteiger partial charge in [-0.1, -0.05) is 36.2 Å². The van der Waals surface area contributed by atoms with Crippen LogP contribution < -0.4 is 0 Å². The summed E-state index contributed by atoms with van der Waals surface area (Å²) >= 11 is 12.0. The van der Waals surface area contributed by atoms with Crippen molar-refractivity contribution in [3.63, 3.8) is 0 Å². The van der Waals surface area contributed by atoms with Gasteiger partial charge in [0.25, 0.3) is 0 Å². The van der Waals surface area contributed by atoms with E-state index in [-0.39, 0.29) is 5.78 Å². The monoisotopic (exact) mass is 256 g/mol. The fourth-order valence-electron chi connectivity index (χ4n) is 1.42.